The number of para-hydroxylation sites is 1. The second-order valence-corrected chi connectivity index (χ2v) is 5.34. The summed E-state index contributed by atoms with van der Waals surface area (Å²) >= 11 is 0. The summed E-state index contributed by atoms with van der Waals surface area (Å²) in [6, 6.07) is 6.45. The van der Waals surface area contributed by atoms with Gasteiger partial charge < -0.3 is 14.2 Å². The molecule has 0 amide bonds. The summed E-state index contributed by atoms with van der Waals surface area (Å²) in [5.74, 6) is 0.0684. The van der Waals surface area contributed by atoms with Crippen LogP contribution in [0.5, 0.6) is 5.75 Å². The molecule has 1 aromatic carbocycles. The zero-order valence-corrected chi connectivity index (χ0v) is 10.9. The van der Waals surface area contributed by atoms with Crippen molar-refractivity contribution in [2.24, 2.45) is 0 Å². The molecule has 0 unspecified atom stereocenters. The molecule has 1 aromatic rings. The summed E-state index contributed by atoms with van der Waals surface area (Å²) in [5, 5.41) is 0. The summed E-state index contributed by atoms with van der Waals surface area (Å²) < 4.78 is 39.0. The van der Waals surface area contributed by atoms with Gasteiger partial charge in [0.25, 0.3) is 0 Å². The number of rotatable bonds is 6. The smallest absolute Gasteiger partial charge is 0.187 e. The highest BCUT2D eigenvalue weighted by Gasteiger charge is 2.23. The molecule has 5 nitrogen and oxygen atoms in total. The van der Waals surface area contributed by atoms with E-state index in [0.29, 0.717) is 5.75 Å². The van der Waals surface area contributed by atoms with Crippen molar-refractivity contribution < 1.29 is 22.6 Å². The molecule has 0 saturated heterocycles. The molecule has 0 heterocycles. The van der Waals surface area contributed by atoms with E-state index in [9.17, 15) is 8.42 Å². The molecule has 0 fully saturated rings. The highest BCUT2D eigenvalue weighted by molar-refractivity contribution is 7.91. The van der Waals surface area contributed by atoms with Crippen molar-refractivity contribution in [2.75, 3.05) is 27.1 Å². The van der Waals surface area contributed by atoms with Gasteiger partial charge in [0.15, 0.2) is 16.1 Å². The Morgan fingerprint density at radius 1 is 1.12 bits per heavy atom. The van der Waals surface area contributed by atoms with Gasteiger partial charge in [0.05, 0.1) is 7.11 Å². The minimum Gasteiger partial charge on any atom is -0.495 e. The lowest BCUT2D eigenvalue weighted by Gasteiger charge is -2.14. The maximum Gasteiger partial charge on any atom is 0.187 e. The van der Waals surface area contributed by atoms with Crippen molar-refractivity contribution in [1.29, 1.82) is 0 Å². The average Bonchev–Trinajstić information content (AvgIpc) is 2.35. The Hall–Kier alpha value is -1.11. The van der Waals surface area contributed by atoms with Crippen molar-refractivity contribution in [3.05, 3.63) is 24.3 Å². The van der Waals surface area contributed by atoms with E-state index in [0.717, 1.165) is 0 Å². The molecule has 0 aliphatic heterocycles. The fourth-order valence-corrected chi connectivity index (χ4v) is 2.93. The van der Waals surface area contributed by atoms with Gasteiger partial charge in [-0.15, -0.1) is 0 Å². The lowest BCUT2D eigenvalue weighted by molar-refractivity contribution is -0.0851. The molecule has 0 spiro atoms. The van der Waals surface area contributed by atoms with Crippen LogP contribution < -0.4 is 4.74 Å². The first-order chi connectivity index (χ1) is 8.05. The van der Waals surface area contributed by atoms with Crippen LogP contribution in [-0.2, 0) is 19.3 Å². The fraction of sp³-hybridized carbons (Fsp3) is 0.455. The molecule has 0 aliphatic carbocycles. The third kappa shape index (κ3) is 3.42. The number of hydrogen-bond acceptors (Lipinski definition) is 5. The number of ether oxygens (including phenoxy) is 3. The first-order valence-corrected chi connectivity index (χ1v) is 6.61. The van der Waals surface area contributed by atoms with Crippen molar-refractivity contribution in [3.63, 3.8) is 0 Å². The van der Waals surface area contributed by atoms with Crippen molar-refractivity contribution in [3.8, 4) is 5.75 Å². The van der Waals surface area contributed by atoms with Crippen LogP contribution >= 0.6 is 0 Å². The Bertz CT molecular complexity index is 451. The van der Waals surface area contributed by atoms with Crippen LogP contribution in [0.1, 0.15) is 0 Å². The Morgan fingerprint density at radius 3 is 2.24 bits per heavy atom. The van der Waals surface area contributed by atoms with Crippen LogP contribution in [0, 0.1) is 0 Å². The number of benzene rings is 1. The van der Waals surface area contributed by atoms with Crippen molar-refractivity contribution >= 4 is 9.84 Å². The minimum atomic E-state index is -3.50. The van der Waals surface area contributed by atoms with Gasteiger partial charge in [-0.2, -0.15) is 0 Å². The van der Waals surface area contributed by atoms with Crippen LogP contribution in [0.4, 0.5) is 0 Å². The highest BCUT2D eigenvalue weighted by atomic mass is 32.2. The monoisotopic (exact) mass is 260 g/mol. The quantitative estimate of drug-likeness (QED) is 0.716. The lowest BCUT2D eigenvalue weighted by Crippen LogP contribution is -2.25. The summed E-state index contributed by atoms with van der Waals surface area (Å²) in [4.78, 5) is 0.140. The van der Waals surface area contributed by atoms with E-state index in [2.05, 4.69) is 0 Å². The number of hydrogen-bond donors (Lipinski definition) is 0. The predicted octanol–water partition coefficient (Wildman–Crippen LogP) is 1.09. The Balaban J connectivity index is 3.04. The normalized spacial score (nSPS) is 11.8. The first-order valence-electron chi connectivity index (χ1n) is 4.96. The van der Waals surface area contributed by atoms with Crippen LogP contribution in [-0.4, -0.2) is 41.8 Å². The molecular weight excluding hydrogens is 244 g/mol. The van der Waals surface area contributed by atoms with Crippen LogP contribution in [0.3, 0.4) is 0 Å². The zero-order chi connectivity index (χ0) is 12.9. The third-order valence-electron chi connectivity index (χ3n) is 2.29. The SMILES string of the molecule is COc1ccccc1S(=O)(=O)CC(OC)OC. The molecule has 0 radical (unpaired) electrons. The van der Waals surface area contributed by atoms with Gasteiger partial charge in [-0.1, -0.05) is 12.1 Å². The molecule has 0 atom stereocenters. The van der Waals surface area contributed by atoms with Crippen molar-refractivity contribution in [1.82, 2.24) is 0 Å². The number of methoxy groups -OCH3 is 3. The van der Waals surface area contributed by atoms with E-state index >= 15 is 0 Å². The number of sulfone groups is 1. The minimum absolute atomic E-state index is 0.140. The zero-order valence-electron chi connectivity index (χ0n) is 10.0. The van der Waals surface area contributed by atoms with E-state index in [1.165, 1.54) is 27.4 Å². The topological polar surface area (TPSA) is 61.8 Å². The molecular formula is C11H16O5S. The molecule has 0 aromatic heterocycles. The van der Waals surface area contributed by atoms with Crippen molar-refractivity contribution in [2.45, 2.75) is 11.2 Å². The summed E-state index contributed by atoms with van der Waals surface area (Å²) in [7, 11) is 0.717. The molecule has 0 aliphatic rings. The Kier molecular flexibility index (Phi) is 4.92. The molecule has 1 rings (SSSR count). The molecule has 6 heteroatoms. The van der Waals surface area contributed by atoms with Gasteiger partial charge in [-0.25, -0.2) is 8.42 Å². The second-order valence-electron chi connectivity index (χ2n) is 3.33. The summed E-state index contributed by atoms with van der Waals surface area (Å²) in [6.45, 7) is 0. The second kappa shape index (κ2) is 6.00. The van der Waals surface area contributed by atoms with Gasteiger partial charge in [-0.05, 0) is 12.1 Å². The maximum absolute atomic E-state index is 12.1. The lowest BCUT2D eigenvalue weighted by atomic mass is 10.3. The van der Waals surface area contributed by atoms with Crippen LogP contribution in [0.15, 0.2) is 29.2 Å². The van der Waals surface area contributed by atoms with E-state index in [1.807, 2.05) is 0 Å². The average molecular weight is 260 g/mol. The fourth-order valence-electron chi connectivity index (χ4n) is 1.38. The van der Waals surface area contributed by atoms with Gasteiger partial charge in [0, 0.05) is 14.2 Å². The third-order valence-corrected chi connectivity index (χ3v) is 4.00. The largest absolute Gasteiger partial charge is 0.495 e. The van der Waals surface area contributed by atoms with Gasteiger partial charge in [-0.3, -0.25) is 0 Å². The molecule has 96 valence electrons. The summed E-state index contributed by atoms with van der Waals surface area (Å²) in [6.07, 6.45) is -0.787. The Morgan fingerprint density at radius 2 is 1.71 bits per heavy atom. The maximum atomic E-state index is 12.1. The predicted molar refractivity (Wildman–Crippen MR) is 62.9 cm³/mol. The van der Waals surface area contributed by atoms with Crippen LogP contribution in [0.25, 0.3) is 0 Å². The molecule has 0 saturated carbocycles. The van der Waals surface area contributed by atoms with Gasteiger partial charge in [0.2, 0.25) is 0 Å². The molecule has 17 heavy (non-hydrogen) atoms. The standard InChI is InChI=1S/C11H16O5S/c1-14-9-6-4-5-7-10(9)17(12,13)8-11(15-2)16-3/h4-7,11H,8H2,1-3H3. The van der Waals surface area contributed by atoms with E-state index < -0.39 is 16.1 Å². The van der Waals surface area contributed by atoms with Crippen LogP contribution in [0.2, 0.25) is 0 Å². The molecule has 0 N–H and O–H groups in total. The van der Waals surface area contributed by atoms with Gasteiger partial charge in [0.1, 0.15) is 16.4 Å². The van der Waals surface area contributed by atoms with Gasteiger partial charge >= 0.3 is 0 Å². The Labute approximate surface area is 101 Å². The van der Waals surface area contributed by atoms with E-state index in [-0.39, 0.29) is 10.6 Å². The van der Waals surface area contributed by atoms with E-state index in [1.54, 1.807) is 18.2 Å². The van der Waals surface area contributed by atoms with E-state index in [4.69, 9.17) is 14.2 Å². The summed E-state index contributed by atoms with van der Waals surface area (Å²) in [5.41, 5.74) is 0. The molecule has 0 bridgehead atoms. The highest BCUT2D eigenvalue weighted by Crippen LogP contribution is 2.24. The first kappa shape index (κ1) is 14.0.